The highest BCUT2D eigenvalue weighted by Gasteiger charge is 2.40. The minimum atomic E-state index is -0.712. The number of nitrogens with zero attached hydrogens (tertiary/aromatic N) is 5. The van der Waals surface area contributed by atoms with Crippen LogP contribution in [0.5, 0.6) is 0 Å². The van der Waals surface area contributed by atoms with Crippen LogP contribution in [-0.4, -0.2) is 66.0 Å². The Morgan fingerprint density at radius 2 is 1.50 bits per heavy atom. The minimum absolute atomic E-state index is 0.302. The average Bonchev–Trinajstić information content (AvgIpc) is 3.63. The van der Waals surface area contributed by atoms with Gasteiger partial charge in [0, 0.05) is 81.8 Å². The van der Waals surface area contributed by atoms with Crippen molar-refractivity contribution in [2.75, 3.05) is 23.7 Å². The number of halogens is 1. The molecule has 2 aromatic carbocycles. The zero-order valence-electron chi connectivity index (χ0n) is 28.9. The molecular formula is C37H43ClN8O4. The second kappa shape index (κ2) is 13.3. The molecule has 1 saturated carbocycles. The summed E-state index contributed by atoms with van der Waals surface area (Å²) in [7, 11) is 3.74. The number of amides is 2. The van der Waals surface area contributed by atoms with Crippen molar-refractivity contribution in [3.8, 4) is 11.1 Å². The molecule has 0 bridgehead atoms. The van der Waals surface area contributed by atoms with Crippen LogP contribution in [0.25, 0.3) is 11.1 Å². The van der Waals surface area contributed by atoms with Gasteiger partial charge in [-0.3, -0.25) is 19.3 Å². The van der Waals surface area contributed by atoms with Gasteiger partial charge in [-0.05, 0) is 62.8 Å². The normalized spacial score (nSPS) is 20.5. The Bertz CT molecular complexity index is 2010. The molecule has 13 heteroatoms. The zero-order chi connectivity index (χ0) is 35.3. The van der Waals surface area contributed by atoms with E-state index in [9.17, 15) is 19.5 Å². The van der Waals surface area contributed by atoms with E-state index >= 15 is 0 Å². The Kier molecular flexibility index (Phi) is 9.04. The predicted molar refractivity (Wildman–Crippen MR) is 191 cm³/mol. The van der Waals surface area contributed by atoms with Gasteiger partial charge in [0.05, 0.1) is 27.5 Å². The summed E-state index contributed by atoms with van der Waals surface area (Å²) >= 11 is 6.93. The van der Waals surface area contributed by atoms with Crippen LogP contribution in [0.4, 0.5) is 11.4 Å². The van der Waals surface area contributed by atoms with Gasteiger partial charge in [-0.2, -0.15) is 0 Å². The van der Waals surface area contributed by atoms with Gasteiger partial charge in [0.15, 0.2) is 11.6 Å². The number of aromatic nitrogens is 4. The molecule has 12 nitrogen and oxygen atoms in total. The molecule has 0 spiro atoms. The van der Waals surface area contributed by atoms with Crippen molar-refractivity contribution in [2.45, 2.75) is 71.5 Å². The number of benzene rings is 2. The van der Waals surface area contributed by atoms with Gasteiger partial charge in [-0.25, -0.2) is 9.97 Å². The van der Waals surface area contributed by atoms with Crippen LogP contribution in [0.1, 0.15) is 82.2 Å². The smallest absolute Gasteiger partial charge is 0.309 e. The lowest BCUT2D eigenvalue weighted by molar-refractivity contribution is -0.150. The first-order valence-corrected chi connectivity index (χ1v) is 17.6. The number of carbonyl (C=O) groups is 3. The van der Waals surface area contributed by atoms with Gasteiger partial charge >= 0.3 is 5.97 Å². The Balaban J connectivity index is 1.06. The molecule has 1 fully saturated rings. The van der Waals surface area contributed by atoms with Crippen LogP contribution in [0, 0.1) is 12.3 Å². The molecule has 4 N–H and O–H groups in total. The van der Waals surface area contributed by atoms with Gasteiger partial charge in [0.25, 0.3) is 11.8 Å². The van der Waals surface area contributed by atoms with E-state index < -0.39 is 11.4 Å². The standard InChI is InChI=1S/C37H43ClN8O4/c1-21-23(24-8-6-10-26(31(24)38)43-35(48)32-40-27-19-39-17-13-29(27)44(32)3)7-5-9-25(21)42-34(47)33-41-28-20-46(18-14-30(28)45(33)4)22-11-15-37(2,16-12-22)36(49)50/h5-10,22,39H,11-20H2,1-4H3,(H,42,47)(H,43,48)(H,49,50). The Morgan fingerprint density at radius 3 is 2.16 bits per heavy atom. The third-order valence-corrected chi connectivity index (χ3v) is 11.4. The molecule has 262 valence electrons. The summed E-state index contributed by atoms with van der Waals surface area (Å²) < 4.78 is 3.74. The molecule has 3 aliphatic rings. The van der Waals surface area contributed by atoms with Crippen LogP contribution >= 0.6 is 11.6 Å². The first-order chi connectivity index (χ1) is 23.9. The van der Waals surface area contributed by atoms with Crippen molar-refractivity contribution in [1.82, 2.24) is 29.3 Å². The molecule has 50 heavy (non-hydrogen) atoms. The van der Waals surface area contributed by atoms with E-state index in [1.165, 1.54) is 0 Å². The average molecular weight is 699 g/mol. The van der Waals surface area contributed by atoms with Crippen molar-refractivity contribution in [1.29, 1.82) is 0 Å². The molecule has 7 rings (SSSR count). The summed E-state index contributed by atoms with van der Waals surface area (Å²) in [5.74, 6) is -0.668. The Labute approximate surface area is 296 Å². The third-order valence-electron chi connectivity index (χ3n) is 11.0. The maximum atomic E-state index is 13.7. The molecular weight excluding hydrogens is 656 g/mol. The number of carbonyl (C=O) groups excluding carboxylic acids is 2. The number of imidazole rings is 2. The predicted octanol–water partition coefficient (Wildman–Crippen LogP) is 5.32. The number of carboxylic acids is 1. The fraction of sp³-hybridized carbons (Fsp3) is 0.432. The SMILES string of the molecule is Cc1c(NC(=O)c2nc3c(n2C)CCN(C2CCC(C)(C(=O)O)CC2)C3)cccc1-c1cccc(NC(=O)c2nc3c(n2C)CCNC3)c1Cl. The fourth-order valence-electron chi connectivity index (χ4n) is 7.80. The highest BCUT2D eigenvalue weighted by atomic mass is 35.5. The summed E-state index contributed by atoms with van der Waals surface area (Å²) in [6.07, 6.45) is 4.61. The lowest BCUT2D eigenvalue weighted by Crippen LogP contribution is -2.44. The molecule has 1 aliphatic carbocycles. The number of fused-ring (bicyclic) bond motifs is 2. The molecule has 0 saturated heterocycles. The maximum Gasteiger partial charge on any atom is 0.309 e. The van der Waals surface area contributed by atoms with Crippen LogP contribution < -0.4 is 16.0 Å². The highest BCUT2D eigenvalue weighted by Crippen LogP contribution is 2.40. The van der Waals surface area contributed by atoms with E-state index in [-0.39, 0.29) is 11.8 Å². The largest absolute Gasteiger partial charge is 0.481 e. The molecule has 2 aromatic heterocycles. The topological polar surface area (TPSA) is 146 Å². The molecule has 0 unspecified atom stereocenters. The number of anilines is 2. The summed E-state index contributed by atoms with van der Waals surface area (Å²) in [5.41, 5.74) is 6.72. The molecule has 2 amide bonds. The molecule has 2 aliphatic heterocycles. The first kappa shape index (κ1) is 34.0. The Morgan fingerprint density at radius 1 is 0.900 bits per heavy atom. The summed E-state index contributed by atoms with van der Waals surface area (Å²) in [4.78, 5) is 50.5. The number of hydrogen-bond donors (Lipinski definition) is 4. The van der Waals surface area contributed by atoms with Crippen molar-refractivity contribution in [3.05, 3.63) is 81.4 Å². The van der Waals surface area contributed by atoms with E-state index in [2.05, 4.69) is 25.8 Å². The fourth-order valence-corrected chi connectivity index (χ4v) is 8.07. The van der Waals surface area contributed by atoms with E-state index in [0.717, 1.165) is 78.2 Å². The number of nitrogens with one attached hydrogen (secondary N) is 3. The van der Waals surface area contributed by atoms with E-state index in [1.807, 2.05) is 67.4 Å². The molecule has 0 atom stereocenters. The van der Waals surface area contributed by atoms with E-state index in [0.29, 0.717) is 60.0 Å². The number of hydrogen-bond acceptors (Lipinski definition) is 7. The van der Waals surface area contributed by atoms with Crippen LogP contribution in [0.3, 0.4) is 0 Å². The maximum absolute atomic E-state index is 13.7. The van der Waals surface area contributed by atoms with Gasteiger partial charge in [0.1, 0.15) is 0 Å². The molecule has 4 heterocycles. The van der Waals surface area contributed by atoms with Gasteiger partial charge in [-0.1, -0.05) is 35.9 Å². The molecule has 0 radical (unpaired) electrons. The lowest BCUT2D eigenvalue weighted by atomic mass is 9.73. The number of carboxylic acid groups (broad SMARTS) is 1. The van der Waals surface area contributed by atoms with Gasteiger partial charge in [-0.15, -0.1) is 0 Å². The van der Waals surface area contributed by atoms with Crippen LogP contribution in [-0.2, 0) is 44.8 Å². The van der Waals surface area contributed by atoms with Crippen molar-refractivity contribution in [2.24, 2.45) is 19.5 Å². The number of aliphatic carboxylic acids is 1. The number of rotatable bonds is 7. The van der Waals surface area contributed by atoms with E-state index in [1.54, 1.807) is 6.07 Å². The Hall–Kier alpha value is -4.52. The zero-order valence-corrected chi connectivity index (χ0v) is 29.7. The monoisotopic (exact) mass is 698 g/mol. The van der Waals surface area contributed by atoms with Crippen molar-refractivity contribution in [3.63, 3.8) is 0 Å². The van der Waals surface area contributed by atoms with Crippen LogP contribution in [0.2, 0.25) is 5.02 Å². The van der Waals surface area contributed by atoms with Gasteiger partial charge in [0.2, 0.25) is 0 Å². The summed E-state index contributed by atoms with van der Waals surface area (Å²) in [6, 6.07) is 11.5. The highest BCUT2D eigenvalue weighted by molar-refractivity contribution is 6.36. The second-order valence-corrected chi connectivity index (χ2v) is 14.5. The van der Waals surface area contributed by atoms with Gasteiger partial charge < -0.3 is 30.2 Å². The van der Waals surface area contributed by atoms with Crippen molar-refractivity contribution >= 4 is 40.8 Å². The summed E-state index contributed by atoms with van der Waals surface area (Å²) in [5, 5.41) is 19.3. The van der Waals surface area contributed by atoms with Crippen molar-refractivity contribution < 1.29 is 19.5 Å². The lowest BCUT2D eigenvalue weighted by Gasteiger charge is -2.41. The minimum Gasteiger partial charge on any atom is -0.481 e. The molecule has 4 aromatic rings. The van der Waals surface area contributed by atoms with Crippen LogP contribution in [0.15, 0.2) is 36.4 Å². The third kappa shape index (κ3) is 6.09. The summed E-state index contributed by atoms with van der Waals surface area (Å²) in [6.45, 7) is 6.76. The first-order valence-electron chi connectivity index (χ1n) is 17.2. The quantitative estimate of drug-likeness (QED) is 0.203. The second-order valence-electron chi connectivity index (χ2n) is 14.1. The van der Waals surface area contributed by atoms with E-state index in [4.69, 9.17) is 16.6 Å².